The van der Waals surface area contributed by atoms with E-state index >= 15 is 0 Å². The third-order valence-electron chi connectivity index (χ3n) is 4.63. The van der Waals surface area contributed by atoms with Crippen LogP contribution in [-0.2, 0) is 14.3 Å². The number of imide groups is 1. The van der Waals surface area contributed by atoms with Crippen molar-refractivity contribution in [1.82, 2.24) is 10.2 Å². The Balaban J connectivity index is 1.82. The van der Waals surface area contributed by atoms with Crippen LogP contribution < -0.4 is 10.6 Å². The summed E-state index contributed by atoms with van der Waals surface area (Å²) in [5.74, 6) is -1.65. The Morgan fingerprint density at radius 2 is 1.93 bits per heavy atom. The molecule has 1 aromatic carbocycles. The van der Waals surface area contributed by atoms with Crippen LogP contribution in [-0.4, -0.2) is 47.9 Å². The van der Waals surface area contributed by atoms with Crippen LogP contribution in [0.4, 0.5) is 9.80 Å². The normalized spacial score (nSPS) is 16.0. The molecule has 1 unspecified atom stereocenters. The molecular formula is C21H23N3O5S. The summed E-state index contributed by atoms with van der Waals surface area (Å²) in [5.41, 5.74) is 1.70. The van der Waals surface area contributed by atoms with Gasteiger partial charge in [0.2, 0.25) is 5.91 Å². The predicted molar refractivity (Wildman–Crippen MR) is 113 cm³/mol. The van der Waals surface area contributed by atoms with E-state index in [4.69, 9.17) is 4.74 Å². The third-order valence-corrected chi connectivity index (χ3v) is 5.53. The monoisotopic (exact) mass is 429 g/mol. The largest absolute Gasteiger partial charge is 0.462 e. The molecule has 30 heavy (non-hydrogen) atoms. The van der Waals surface area contributed by atoms with Gasteiger partial charge in [0.15, 0.2) is 0 Å². The molecule has 2 N–H and O–H groups in total. The van der Waals surface area contributed by atoms with E-state index in [0.717, 1.165) is 10.5 Å². The number of esters is 1. The van der Waals surface area contributed by atoms with Gasteiger partial charge in [-0.1, -0.05) is 44.2 Å². The number of nitrogens with zero attached hydrogens (tertiary/aromatic N) is 1. The van der Waals surface area contributed by atoms with Gasteiger partial charge in [-0.15, -0.1) is 11.3 Å². The fourth-order valence-corrected chi connectivity index (χ4v) is 4.11. The summed E-state index contributed by atoms with van der Waals surface area (Å²) < 4.78 is 5.17. The van der Waals surface area contributed by atoms with Gasteiger partial charge in [0, 0.05) is 10.9 Å². The van der Waals surface area contributed by atoms with Gasteiger partial charge in [-0.05, 0) is 18.4 Å². The number of anilines is 1. The molecule has 1 fully saturated rings. The van der Waals surface area contributed by atoms with Crippen molar-refractivity contribution in [2.75, 3.05) is 18.5 Å². The summed E-state index contributed by atoms with van der Waals surface area (Å²) in [5, 5.41) is 7.31. The predicted octanol–water partition coefficient (Wildman–Crippen LogP) is 3.11. The second-order valence-electron chi connectivity index (χ2n) is 7.08. The highest BCUT2D eigenvalue weighted by atomic mass is 32.1. The molecule has 0 spiro atoms. The number of rotatable bonds is 7. The number of benzene rings is 1. The van der Waals surface area contributed by atoms with E-state index in [1.54, 1.807) is 12.3 Å². The second kappa shape index (κ2) is 9.08. The molecule has 0 bridgehead atoms. The van der Waals surface area contributed by atoms with Gasteiger partial charge in [0.05, 0.1) is 6.61 Å². The van der Waals surface area contributed by atoms with Crippen LogP contribution in [0.15, 0.2) is 35.7 Å². The van der Waals surface area contributed by atoms with Crippen molar-refractivity contribution in [3.8, 4) is 11.1 Å². The quantitative estimate of drug-likeness (QED) is 0.520. The number of hydrogen-bond acceptors (Lipinski definition) is 6. The lowest BCUT2D eigenvalue weighted by Crippen LogP contribution is -2.39. The first-order valence-corrected chi connectivity index (χ1v) is 10.5. The molecule has 3 rings (SSSR count). The van der Waals surface area contributed by atoms with Gasteiger partial charge in [-0.2, -0.15) is 0 Å². The minimum atomic E-state index is -0.646. The van der Waals surface area contributed by atoms with Crippen LogP contribution in [0.1, 0.15) is 31.1 Å². The Hall–Kier alpha value is -3.20. The average Bonchev–Trinajstić information content (AvgIpc) is 3.25. The lowest BCUT2D eigenvalue weighted by Gasteiger charge is -2.14. The number of hydrogen-bond donors (Lipinski definition) is 2. The number of thiophene rings is 1. The fourth-order valence-electron chi connectivity index (χ4n) is 3.14. The first-order valence-electron chi connectivity index (χ1n) is 9.59. The number of nitrogens with one attached hydrogen (secondary N) is 2. The van der Waals surface area contributed by atoms with Crippen molar-refractivity contribution in [2.45, 2.75) is 26.8 Å². The molecule has 1 aromatic heterocycles. The van der Waals surface area contributed by atoms with E-state index in [1.165, 1.54) is 11.3 Å². The zero-order valence-electron chi connectivity index (χ0n) is 16.9. The van der Waals surface area contributed by atoms with Crippen molar-refractivity contribution < 1.29 is 23.9 Å². The first-order chi connectivity index (χ1) is 14.3. The standard InChI is InChI=1S/C21H23N3O5S/c1-4-29-20(27)16-14(13-8-6-5-7-9-13)11-30-18(16)22-15(25)10-24-19(26)17(12(2)3)23-21(24)28/h5-9,11-12,17H,4,10H2,1-3H3,(H,22,25)(H,23,28). The van der Waals surface area contributed by atoms with Crippen LogP contribution >= 0.6 is 11.3 Å². The summed E-state index contributed by atoms with van der Waals surface area (Å²) in [4.78, 5) is 50.5. The van der Waals surface area contributed by atoms with Gasteiger partial charge in [0.1, 0.15) is 23.2 Å². The number of urea groups is 1. The lowest BCUT2D eigenvalue weighted by molar-refractivity contribution is -0.131. The maximum absolute atomic E-state index is 12.6. The van der Waals surface area contributed by atoms with Gasteiger partial charge in [0.25, 0.3) is 5.91 Å². The molecule has 0 aliphatic carbocycles. The molecule has 2 aromatic rings. The van der Waals surface area contributed by atoms with Crippen molar-refractivity contribution in [3.05, 3.63) is 41.3 Å². The molecule has 9 heteroatoms. The van der Waals surface area contributed by atoms with Crippen LogP contribution in [0, 0.1) is 5.92 Å². The van der Waals surface area contributed by atoms with Crippen molar-refractivity contribution in [1.29, 1.82) is 0 Å². The van der Waals surface area contributed by atoms with Gasteiger partial charge in [-0.25, -0.2) is 9.59 Å². The summed E-state index contributed by atoms with van der Waals surface area (Å²) in [6.07, 6.45) is 0. The third kappa shape index (κ3) is 4.35. The van der Waals surface area contributed by atoms with Crippen molar-refractivity contribution in [3.63, 3.8) is 0 Å². The van der Waals surface area contributed by atoms with E-state index in [-0.39, 0.29) is 18.1 Å². The van der Waals surface area contributed by atoms with Crippen LogP contribution in [0.2, 0.25) is 0 Å². The Morgan fingerprint density at radius 3 is 2.53 bits per heavy atom. The Kier molecular flexibility index (Phi) is 6.51. The van der Waals surface area contributed by atoms with Crippen molar-refractivity contribution >= 4 is 40.2 Å². The molecule has 1 aliphatic rings. The lowest BCUT2D eigenvalue weighted by atomic mass is 10.0. The highest BCUT2D eigenvalue weighted by molar-refractivity contribution is 7.15. The Bertz CT molecular complexity index is 970. The molecule has 0 saturated carbocycles. The minimum Gasteiger partial charge on any atom is -0.462 e. The molecule has 4 amide bonds. The van der Waals surface area contributed by atoms with Gasteiger partial charge < -0.3 is 15.4 Å². The number of carbonyl (C=O) groups excluding carboxylic acids is 4. The zero-order valence-corrected chi connectivity index (χ0v) is 17.7. The SMILES string of the molecule is CCOC(=O)c1c(-c2ccccc2)csc1NC(=O)CN1C(=O)NC(C(C)C)C1=O. The highest BCUT2D eigenvalue weighted by Gasteiger charge is 2.40. The summed E-state index contributed by atoms with van der Waals surface area (Å²) in [6.45, 7) is 5.08. The molecule has 0 radical (unpaired) electrons. The second-order valence-corrected chi connectivity index (χ2v) is 7.96. The van der Waals surface area contributed by atoms with Crippen LogP contribution in [0.3, 0.4) is 0 Å². The molecule has 1 aliphatic heterocycles. The maximum Gasteiger partial charge on any atom is 0.341 e. The van der Waals surface area contributed by atoms with E-state index in [9.17, 15) is 19.2 Å². The number of carbonyl (C=O) groups is 4. The molecule has 1 saturated heterocycles. The van der Waals surface area contributed by atoms with Crippen molar-refractivity contribution in [2.24, 2.45) is 5.92 Å². The first kappa shape index (κ1) is 21.5. The summed E-state index contributed by atoms with van der Waals surface area (Å²) >= 11 is 1.18. The van der Waals surface area contributed by atoms with E-state index in [0.29, 0.717) is 10.6 Å². The topological polar surface area (TPSA) is 105 Å². The molecule has 2 heterocycles. The average molecular weight is 429 g/mol. The highest BCUT2D eigenvalue weighted by Crippen LogP contribution is 2.36. The van der Waals surface area contributed by atoms with E-state index in [2.05, 4.69) is 10.6 Å². The molecule has 8 nitrogen and oxygen atoms in total. The van der Waals surface area contributed by atoms with E-state index in [1.807, 2.05) is 44.2 Å². The Morgan fingerprint density at radius 1 is 1.23 bits per heavy atom. The summed E-state index contributed by atoms with van der Waals surface area (Å²) in [7, 11) is 0. The molecule has 158 valence electrons. The smallest absolute Gasteiger partial charge is 0.341 e. The molecular weight excluding hydrogens is 406 g/mol. The van der Waals surface area contributed by atoms with Gasteiger partial charge in [-0.3, -0.25) is 14.5 Å². The fraction of sp³-hybridized carbons (Fsp3) is 0.333. The number of amides is 4. The Labute approximate surface area is 178 Å². The summed E-state index contributed by atoms with van der Waals surface area (Å²) in [6, 6.07) is 8.03. The van der Waals surface area contributed by atoms with Crippen LogP contribution in [0.25, 0.3) is 11.1 Å². The minimum absolute atomic E-state index is 0.0874. The zero-order chi connectivity index (χ0) is 21.8. The molecule has 1 atom stereocenters. The van der Waals surface area contributed by atoms with Gasteiger partial charge >= 0.3 is 12.0 Å². The maximum atomic E-state index is 12.6. The van der Waals surface area contributed by atoms with E-state index < -0.39 is 36.4 Å². The number of ether oxygens (including phenoxy) is 1. The van der Waals surface area contributed by atoms with Crippen LogP contribution in [0.5, 0.6) is 0 Å².